The molecule has 0 aliphatic rings. The van der Waals surface area contributed by atoms with Crippen molar-refractivity contribution in [2.75, 3.05) is 4.90 Å². The summed E-state index contributed by atoms with van der Waals surface area (Å²) in [6, 6.07) is 14.1. The van der Waals surface area contributed by atoms with Crippen molar-refractivity contribution in [3.8, 4) is 39.1 Å². The van der Waals surface area contributed by atoms with Crippen LogP contribution >= 0.6 is 0 Å². The highest BCUT2D eigenvalue weighted by atomic mass is 16.3. The lowest BCUT2D eigenvalue weighted by Crippen LogP contribution is -2.12. The van der Waals surface area contributed by atoms with Crippen LogP contribution in [-0.4, -0.2) is 4.57 Å². The van der Waals surface area contributed by atoms with Crippen molar-refractivity contribution in [3.05, 3.63) is 242 Å². The van der Waals surface area contributed by atoms with Crippen molar-refractivity contribution in [1.82, 2.24) is 4.57 Å². The van der Waals surface area contributed by atoms with E-state index in [2.05, 4.69) is 0 Å². The van der Waals surface area contributed by atoms with E-state index in [0.717, 1.165) is 26.7 Å². The summed E-state index contributed by atoms with van der Waals surface area (Å²) in [5.41, 5.74) is -1.13. The summed E-state index contributed by atoms with van der Waals surface area (Å²) in [5.74, 6) is 0. The van der Waals surface area contributed by atoms with Crippen LogP contribution in [0.4, 0.5) is 17.1 Å². The quantitative estimate of drug-likeness (QED) is 0.159. The van der Waals surface area contributed by atoms with Gasteiger partial charge in [-0.2, -0.15) is 0 Å². The summed E-state index contributed by atoms with van der Waals surface area (Å²) in [7, 11) is 0. The van der Waals surface area contributed by atoms with Gasteiger partial charge < -0.3 is 13.9 Å². The Morgan fingerprint density at radius 3 is 1.77 bits per heavy atom. The predicted octanol–water partition coefficient (Wildman–Crippen LogP) is 17.5. The molecule has 0 spiro atoms. The number of anilines is 3. The molecule has 304 valence electrons. The van der Waals surface area contributed by atoms with E-state index < -0.39 is 188 Å². The van der Waals surface area contributed by atoms with Crippen molar-refractivity contribution in [1.29, 1.82) is 0 Å². The van der Waals surface area contributed by atoms with Gasteiger partial charge in [0.2, 0.25) is 0 Å². The second kappa shape index (κ2) is 15.0. The van der Waals surface area contributed by atoms with E-state index in [1.807, 2.05) is 71.3 Å². The molecule has 0 bridgehead atoms. The van der Waals surface area contributed by atoms with Gasteiger partial charge in [0.15, 0.2) is 0 Å². The third-order valence-corrected chi connectivity index (χ3v) is 11.5. The van der Waals surface area contributed by atoms with Gasteiger partial charge in [-0.25, -0.2) is 0 Å². The number of hydrogen-bond donors (Lipinski definition) is 0. The molecule has 0 amide bonds. The maximum absolute atomic E-state index is 10.1. The Hall–Kier alpha value is -8.66. The molecule has 11 aromatic carbocycles. The molecule has 13 rings (SSSR count). The van der Waals surface area contributed by atoms with Crippen LogP contribution in [0.1, 0.15) is 30.2 Å². The van der Waals surface area contributed by atoms with Crippen LogP contribution in [0.3, 0.4) is 0 Å². The maximum Gasteiger partial charge on any atom is 0.145 e. The van der Waals surface area contributed by atoms with Crippen LogP contribution in [0.15, 0.2) is 247 Å². The van der Waals surface area contributed by atoms with E-state index in [-0.39, 0.29) is 16.8 Å². The average Bonchev–Trinajstić information content (AvgIpc) is 1.32. The topological polar surface area (TPSA) is 21.3 Å². The first kappa shape index (κ1) is 21.1. The van der Waals surface area contributed by atoms with Gasteiger partial charge in [-0.1, -0.05) is 176 Å². The number of nitrogens with zero attached hydrogens (tertiary/aromatic N) is 2. The molecule has 2 aromatic heterocycles. The van der Waals surface area contributed by atoms with E-state index in [0.29, 0.717) is 27.6 Å². The number of aromatic nitrogens is 1. The largest absolute Gasteiger partial charge is 0.455 e. The molecule has 13 aromatic rings. The number of rotatable bonds is 7. The molecule has 3 nitrogen and oxygen atoms in total. The molecule has 65 heavy (non-hydrogen) atoms. The van der Waals surface area contributed by atoms with Gasteiger partial charge in [0.05, 0.1) is 58.1 Å². The summed E-state index contributed by atoms with van der Waals surface area (Å²) in [5, 5.41) is 0.885. The van der Waals surface area contributed by atoms with E-state index in [9.17, 15) is 15.1 Å². The van der Waals surface area contributed by atoms with E-state index >= 15 is 0 Å². The molecule has 2 heterocycles. The van der Waals surface area contributed by atoms with E-state index in [1.54, 1.807) is 36.4 Å². The monoisotopic (exact) mass is 850 g/mol. The number of hydrogen-bond acceptors (Lipinski definition) is 2. The number of fused-ring (bicyclic) bond motifs is 8. The highest BCUT2D eigenvalue weighted by Crippen LogP contribution is 2.49. The van der Waals surface area contributed by atoms with Crippen molar-refractivity contribution >= 4 is 82.4 Å². The SMILES string of the molecule is [2H]c1c([2H])c(N(c2ccc3c(oc4ccccc43)c2-c2ccccc2-n2c3ccccc3c3ccccc32)c2c([2H])c([2H])c(-c3c([2H])c([2H])c([2H])c4c([2H])c([2H])c([2H])c([2H])c34)c([2H])c2[2H])c([2H])c([2H])c1-c1c([2H])c([2H])c2c([2H])c([2H])c([2H])c([2H])c2c1[2H]. The Kier molecular flexibility index (Phi) is 4.88. The third-order valence-electron chi connectivity index (χ3n) is 11.5. The minimum absolute atomic E-state index is 0.123. The zero-order valence-corrected chi connectivity index (χ0v) is 33.7. The number of furan rings is 1. The molecule has 0 saturated heterocycles. The Morgan fingerprint density at radius 1 is 0.400 bits per heavy atom. The van der Waals surface area contributed by atoms with Crippen LogP contribution < -0.4 is 4.90 Å². The van der Waals surface area contributed by atoms with Crippen LogP contribution in [0, 0.1) is 0 Å². The molecule has 0 fully saturated rings. The molecular weight excluding hydrogens is 789 g/mol. The summed E-state index contributed by atoms with van der Waals surface area (Å²) in [4.78, 5) is 1.00. The van der Waals surface area contributed by atoms with Gasteiger partial charge in [0.1, 0.15) is 11.2 Å². The molecule has 0 aliphatic carbocycles. The van der Waals surface area contributed by atoms with Crippen LogP contribution in [0.25, 0.3) is 104 Å². The lowest BCUT2D eigenvalue weighted by molar-refractivity contribution is 0.670. The number of para-hydroxylation sites is 4. The first-order chi connectivity index (χ1) is 41.4. The van der Waals surface area contributed by atoms with E-state index in [4.69, 9.17) is 19.5 Å². The van der Waals surface area contributed by atoms with Crippen LogP contribution in [0.2, 0.25) is 0 Å². The maximum atomic E-state index is 10.1. The Labute approximate surface area is 407 Å². The molecule has 0 N–H and O–H groups in total. The fraction of sp³-hybridized carbons (Fsp3) is 0. The van der Waals surface area contributed by atoms with Crippen molar-refractivity contribution in [3.63, 3.8) is 0 Å². The van der Waals surface area contributed by atoms with Gasteiger partial charge in [0, 0.05) is 38.5 Å². The van der Waals surface area contributed by atoms with Crippen molar-refractivity contribution in [2.24, 2.45) is 0 Å². The zero-order chi connectivity index (χ0) is 62.0. The van der Waals surface area contributed by atoms with E-state index in [1.165, 1.54) is 6.07 Å². The smallest absolute Gasteiger partial charge is 0.145 e. The Bertz CT molecular complexity index is 5170. The van der Waals surface area contributed by atoms with Crippen LogP contribution in [0.5, 0.6) is 0 Å². The summed E-state index contributed by atoms with van der Waals surface area (Å²) >= 11 is 0. The van der Waals surface area contributed by atoms with Gasteiger partial charge in [-0.15, -0.1) is 0 Å². The summed E-state index contributed by atoms with van der Waals surface area (Å²) < 4.78 is 212. The number of benzene rings is 11. The molecule has 0 aliphatic heterocycles. The first-order valence-electron chi connectivity index (χ1n) is 31.5. The van der Waals surface area contributed by atoms with Gasteiger partial charge in [-0.3, -0.25) is 0 Å². The molecule has 0 unspecified atom stereocenters. The highest BCUT2D eigenvalue weighted by molar-refractivity contribution is 6.15. The molecule has 0 saturated carbocycles. The lowest BCUT2D eigenvalue weighted by atomic mass is 9.95. The second-order valence-corrected chi connectivity index (χ2v) is 15.1. The third kappa shape index (κ3) is 6.05. The van der Waals surface area contributed by atoms with Crippen molar-refractivity contribution < 1.29 is 34.6 Å². The first-order valence-corrected chi connectivity index (χ1v) is 20.5. The standard InChI is InChI=1S/C62H40N2O/c1-2-16-45-40-46(29-28-41(45)14-1)42-30-34-47(35-31-42)63(48-36-32-44(33-37-48)50-23-13-17-43-15-3-4-18-49(43)50)59-39-38-54-53-21-8-12-27-60(53)65-62(54)61(59)55-22-7-11-26-58(55)64-56-24-9-5-19-51(56)52-20-6-10-25-57(52)64/h1-40H/i1D,2D,3D,4D,13D,14D,15D,16D,17D,18D,23D,28D,29D,30D,31D,32D,33D,34D,35D,36D,37D,40D. The highest BCUT2D eigenvalue weighted by Gasteiger charge is 2.26. The minimum Gasteiger partial charge on any atom is -0.455 e. The van der Waals surface area contributed by atoms with Crippen molar-refractivity contribution in [2.45, 2.75) is 0 Å². The molecule has 3 heteroatoms. The lowest BCUT2D eigenvalue weighted by Gasteiger charge is -2.29. The average molecular weight is 851 g/mol. The minimum atomic E-state index is -0.961. The Morgan fingerprint density at radius 2 is 1.00 bits per heavy atom. The fourth-order valence-electron chi connectivity index (χ4n) is 8.63. The van der Waals surface area contributed by atoms with Crippen LogP contribution in [-0.2, 0) is 0 Å². The fourth-order valence-corrected chi connectivity index (χ4v) is 8.63. The second-order valence-electron chi connectivity index (χ2n) is 15.1. The van der Waals surface area contributed by atoms with Gasteiger partial charge in [-0.05, 0) is 110 Å². The summed E-state index contributed by atoms with van der Waals surface area (Å²) in [6.07, 6.45) is 0. The molecule has 0 atom stereocenters. The molecule has 0 radical (unpaired) electrons. The van der Waals surface area contributed by atoms with Gasteiger partial charge >= 0.3 is 0 Å². The molecular formula is C62H40N2O. The summed E-state index contributed by atoms with van der Waals surface area (Å²) in [6.45, 7) is 0. The zero-order valence-electron chi connectivity index (χ0n) is 55.7. The Balaban J connectivity index is 1.20. The normalized spacial score (nSPS) is 16.4. The van der Waals surface area contributed by atoms with Gasteiger partial charge in [0.25, 0.3) is 0 Å². The predicted molar refractivity (Wildman–Crippen MR) is 274 cm³/mol.